The van der Waals surface area contributed by atoms with Crippen LogP contribution in [0, 0.1) is 0 Å². The third-order valence-electron chi connectivity index (χ3n) is 0.854. The molecule has 0 aromatic rings. The van der Waals surface area contributed by atoms with Gasteiger partial charge in [0.05, 0.1) is 0 Å². The first-order valence-corrected chi connectivity index (χ1v) is 2.30. The summed E-state index contributed by atoms with van der Waals surface area (Å²) in [7, 11) is 0. The van der Waals surface area contributed by atoms with Crippen LogP contribution in [0.25, 0.3) is 0 Å². The van der Waals surface area contributed by atoms with Gasteiger partial charge in [0.25, 0.3) is 0 Å². The fourth-order valence-electron chi connectivity index (χ4n) is 0.509. The van der Waals surface area contributed by atoms with E-state index in [-0.39, 0.29) is 6.42 Å². The highest BCUT2D eigenvalue weighted by molar-refractivity contribution is 4.51. The van der Waals surface area contributed by atoms with Gasteiger partial charge in [0.1, 0.15) is 0 Å². The van der Waals surface area contributed by atoms with Crippen molar-refractivity contribution in [3.05, 3.63) is 0 Å². The zero-order chi connectivity index (χ0) is 8.70. The molecular formula is C6H12. The standard InChI is InChI=1S/C6H12/c1-2-4-6-5-3-1/h1-6H2/i1D,2D2,4D2. The minimum atomic E-state index is -1.97. The smallest absolute Gasteiger partial charge is 0.0267 e. The largest absolute Gasteiger partial charge is 0.0533 e. The molecule has 0 saturated heterocycles. The van der Waals surface area contributed by atoms with Crippen LogP contribution in [0.5, 0.6) is 0 Å². The van der Waals surface area contributed by atoms with E-state index in [4.69, 9.17) is 6.85 Å². The van der Waals surface area contributed by atoms with Crippen LogP contribution in [0.3, 0.4) is 0 Å². The minimum absolute atomic E-state index is 0.245. The molecule has 36 valence electrons. The number of hydrogen-bond acceptors (Lipinski definition) is 0. The van der Waals surface area contributed by atoms with Crippen molar-refractivity contribution in [2.45, 2.75) is 38.4 Å². The fourth-order valence-corrected chi connectivity index (χ4v) is 0.509. The van der Waals surface area contributed by atoms with Gasteiger partial charge < -0.3 is 0 Å². The lowest BCUT2D eigenvalue weighted by Gasteiger charge is -2.05. The molecule has 6 heavy (non-hydrogen) atoms. The van der Waals surface area contributed by atoms with Crippen molar-refractivity contribution in [2.24, 2.45) is 0 Å². The molecule has 0 bridgehead atoms. The Morgan fingerprint density at radius 3 is 2.67 bits per heavy atom. The Hall–Kier alpha value is 0. The van der Waals surface area contributed by atoms with Crippen LogP contribution in [-0.2, 0) is 0 Å². The summed E-state index contributed by atoms with van der Waals surface area (Å²) in [6, 6.07) is 0. The molecule has 1 aliphatic rings. The Kier molecular flexibility index (Phi) is 0.459. The summed E-state index contributed by atoms with van der Waals surface area (Å²) in [5.41, 5.74) is 0. The van der Waals surface area contributed by atoms with Crippen LogP contribution >= 0.6 is 0 Å². The predicted octanol–water partition coefficient (Wildman–Crippen LogP) is 2.34. The van der Waals surface area contributed by atoms with Crippen molar-refractivity contribution in [2.75, 3.05) is 0 Å². The summed E-state index contributed by atoms with van der Waals surface area (Å²) >= 11 is 0. The van der Waals surface area contributed by atoms with Crippen molar-refractivity contribution in [1.29, 1.82) is 0 Å². The van der Waals surface area contributed by atoms with E-state index in [1.807, 2.05) is 0 Å². The average molecular weight is 89.2 g/mol. The number of hydrogen-bond donors (Lipinski definition) is 0. The van der Waals surface area contributed by atoms with Crippen molar-refractivity contribution in [3.63, 3.8) is 0 Å². The second-order valence-electron chi connectivity index (χ2n) is 1.42. The molecule has 0 heterocycles. The third kappa shape index (κ3) is 1.00. The van der Waals surface area contributed by atoms with E-state index >= 15 is 0 Å². The van der Waals surface area contributed by atoms with Gasteiger partial charge in [-0.25, -0.2) is 0 Å². The van der Waals surface area contributed by atoms with Gasteiger partial charge in [-0.3, -0.25) is 0 Å². The zero-order valence-electron chi connectivity index (χ0n) is 8.70. The number of rotatable bonds is 0. The van der Waals surface area contributed by atoms with E-state index in [0.717, 1.165) is 0 Å². The maximum Gasteiger partial charge on any atom is 0.0267 e. The van der Waals surface area contributed by atoms with Crippen molar-refractivity contribution in [3.8, 4) is 0 Å². The van der Waals surface area contributed by atoms with E-state index in [0.29, 0.717) is 12.8 Å². The van der Waals surface area contributed by atoms with E-state index < -0.39 is 19.1 Å². The van der Waals surface area contributed by atoms with Gasteiger partial charge in [0, 0.05) is 6.85 Å². The van der Waals surface area contributed by atoms with E-state index in [2.05, 4.69) is 0 Å². The quantitative estimate of drug-likeness (QED) is 0.427. The lowest BCUT2D eigenvalue weighted by molar-refractivity contribution is 0.504. The van der Waals surface area contributed by atoms with Gasteiger partial charge in [-0.2, -0.15) is 0 Å². The molecule has 1 rings (SSSR count). The summed E-state index contributed by atoms with van der Waals surface area (Å²) in [6.07, 6.45) is -3.32. The monoisotopic (exact) mass is 89.1 g/mol. The molecule has 1 fully saturated rings. The Bertz CT molecular complexity index is 153. The van der Waals surface area contributed by atoms with Crippen LogP contribution in [0.15, 0.2) is 0 Å². The molecule has 1 unspecified atom stereocenters. The average Bonchev–Trinajstić information content (AvgIpc) is 1.84. The second-order valence-corrected chi connectivity index (χ2v) is 1.42. The van der Waals surface area contributed by atoms with Gasteiger partial charge in [0.2, 0.25) is 0 Å². The van der Waals surface area contributed by atoms with E-state index in [1.54, 1.807) is 0 Å². The van der Waals surface area contributed by atoms with Crippen molar-refractivity contribution in [1.82, 2.24) is 0 Å². The molecule has 0 aliphatic heterocycles. The molecule has 0 spiro atoms. The highest BCUT2D eigenvalue weighted by atomic mass is 14.0. The van der Waals surface area contributed by atoms with Crippen LogP contribution in [0.2, 0.25) is 0 Å². The Balaban J connectivity index is 2.82. The van der Waals surface area contributed by atoms with Crippen LogP contribution in [-0.4, -0.2) is 0 Å². The summed E-state index contributed by atoms with van der Waals surface area (Å²) in [6.45, 7) is 0. The zero-order valence-corrected chi connectivity index (χ0v) is 3.70. The molecule has 0 aromatic heterocycles. The van der Waals surface area contributed by atoms with Crippen LogP contribution < -0.4 is 0 Å². The highest BCUT2D eigenvalue weighted by Crippen LogP contribution is 2.15. The maximum absolute atomic E-state index is 7.34. The normalized spacial score (nSPS) is 65.3. The molecule has 1 saturated carbocycles. The second kappa shape index (κ2) is 2.22. The molecular weight excluding hydrogens is 72.1 g/mol. The van der Waals surface area contributed by atoms with Gasteiger partial charge in [-0.15, -0.1) is 0 Å². The SMILES string of the molecule is [2H]C1CCCC([2H])([2H])C1([2H])[2H]. The first-order valence-electron chi connectivity index (χ1n) is 4.88. The van der Waals surface area contributed by atoms with Crippen molar-refractivity contribution >= 4 is 0 Å². The van der Waals surface area contributed by atoms with E-state index in [9.17, 15) is 0 Å². The summed E-state index contributed by atoms with van der Waals surface area (Å²) in [5.74, 6) is 0. The Morgan fingerprint density at radius 1 is 1.00 bits per heavy atom. The topological polar surface area (TPSA) is 0 Å². The molecule has 1 aliphatic carbocycles. The molecule has 0 aromatic carbocycles. The van der Waals surface area contributed by atoms with Gasteiger partial charge in [-0.05, 0) is 0 Å². The fraction of sp³-hybridized carbons (Fsp3) is 1.00. The predicted molar refractivity (Wildman–Crippen MR) is 27.7 cm³/mol. The Morgan fingerprint density at radius 2 is 2.00 bits per heavy atom. The molecule has 0 amide bonds. The first kappa shape index (κ1) is 1.24. The van der Waals surface area contributed by atoms with Crippen LogP contribution in [0.4, 0.5) is 0 Å². The lowest BCUT2D eigenvalue weighted by Crippen LogP contribution is -1.85. The highest BCUT2D eigenvalue weighted by Gasteiger charge is 1.95. The third-order valence-corrected chi connectivity index (χ3v) is 0.854. The van der Waals surface area contributed by atoms with Gasteiger partial charge >= 0.3 is 0 Å². The summed E-state index contributed by atoms with van der Waals surface area (Å²) in [4.78, 5) is 0. The summed E-state index contributed by atoms with van der Waals surface area (Å²) < 4.78 is 36.7. The minimum Gasteiger partial charge on any atom is -0.0533 e. The molecule has 0 radical (unpaired) electrons. The first-order chi connectivity index (χ1) is 4.88. The maximum atomic E-state index is 7.34. The Labute approximate surface area is 46.6 Å². The summed E-state index contributed by atoms with van der Waals surface area (Å²) in [5, 5.41) is 0. The van der Waals surface area contributed by atoms with Gasteiger partial charge in [0.15, 0.2) is 0 Å². The molecule has 0 N–H and O–H groups in total. The van der Waals surface area contributed by atoms with Crippen molar-refractivity contribution < 1.29 is 6.85 Å². The molecule has 1 atom stereocenters. The lowest BCUT2D eigenvalue weighted by atomic mass is 10.0. The van der Waals surface area contributed by atoms with E-state index in [1.165, 1.54) is 0 Å². The van der Waals surface area contributed by atoms with Crippen LogP contribution in [0.1, 0.15) is 45.3 Å². The van der Waals surface area contributed by atoms with Gasteiger partial charge in [-0.1, -0.05) is 38.4 Å². The molecule has 0 heteroatoms. The molecule has 0 nitrogen and oxygen atoms in total.